The number of cyclic esters (lactones) is 2. The van der Waals surface area contributed by atoms with Crippen molar-refractivity contribution in [3.05, 3.63) is 35.5 Å². The molecule has 0 bridgehead atoms. The number of piperazine rings is 1. The standard InChI is InChI=1S/C23H31N3O6/c1-22(2,3)30-19(27)16-8-7-15(26-11-9-25(6)10-12-26)13-18(16)24-14-17-20(28)31-23(4,5)32-21(17)29/h7-8,13-14,24H,9-12H2,1-6H3. The average Bonchev–Trinajstić information content (AvgIpc) is 2.65. The van der Waals surface area contributed by atoms with Crippen LogP contribution in [0, 0.1) is 0 Å². The summed E-state index contributed by atoms with van der Waals surface area (Å²) in [5, 5.41) is 2.92. The molecule has 1 N–H and O–H groups in total. The summed E-state index contributed by atoms with van der Waals surface area (Å²) in [5.74, 6) is -3.44. The summed E-state index contributed by atoms with van der Waals surface area (Å²) in [6.45, 7) is 11.9. The maximum Gasteiger partial charge on any atom is 0.350 e. The first-order chi connectivity index (χ1) is 14.8. The third-order valence-corrected chi connectivity index (χ3v) is 4.98. The molecular formula is C23H31N3O6. The number of nitrogens with zero attached hydrogens (tertiary/aromatic N) is 2. The van der Waals surface area contributed by atoms with E-state index in [9.17, 15) is 14.4 Å². The van der Waals surface area contributed by atoms with E-state index >= 15 is 0 Å². The van der Waals surface area contributed by atoms with Gasteiger partial charge < -0.3 is 29.3 Å². The highest BCUT2D eigenvalue weighted by Gasteiger charge is 2.39. The van der Waals surface area contributed by atoms with Crippen LogP contribution in [0.2, 0.25) is 0 Å². The van der Waals surface area contributed by atoms with Crippen molar-refractivity contribution in [1.82, 2.24) is 4.90 Å². The van der Waals surface area contributed by atoms with Crippen molar-refractivity contribution in [3.8, 4) is 0 Å². The topological polar surface area (TPSA) is 97.4 Å². The fraction of sp³-hybridized carbons (Fsp3) is 0.522. The van der Waals surface area contributed by atoms with Gasteiger partial charge in [0.15, 0.2) is 5.57 Å². The van der Waals surface area contributed by atoms with E-state index in [0.29, 0.717) is 5.69 Å². The van der Waals surface area contributed by atoms with Crippen LogP contribution in [0.4, 0.5) is 11.4 Å². The van der Waals surface area contributed by atoms with Crippen molar-refractivity contribution in [2.24, 2.45) is 0 Å². The molecule has 9 nitrogen and oxygen atoms in total. The number of esters is 3. The molecule has 9 heteroatoms. The fourth-order valence-corrected chi connectivity index (χ4v) is 3.35. The molecule has 1 aromatic carbocycles. The molecule has 2 aliphatic heterocycles. The smallest absolute Gasteiger partial charge is 0.350 e. The van der Waals surface area contributed by atoms with E-state index < -0.39 is 29.3 Å². The molecule has 0 aliphatic carbocycles. The summed E-state index contributed by atoms with van der Waals surface area (Å²) in [7, 11) is 2.08. The first-order valence-electron chi connectivity index (χ1n) is 10.6. The summed E-state index contributed by atoms with van der Waals surface area (Å²) >= 11 is 0. The molecule has 3 rings (SSSR count). The number of hydrogen-bond acceptors (Lipinski definition) is 9. The predicted octanol–water partition coefficient (Wildman–Crippen LogP) is 2.53. The highest BCUT2D eigenvalue weighted by atomic mass is 16.7. The molecule has 0 unspecified atom stereocenters. The van der Waals surface area contributed by atoms with Crippen LogP contribution in [-0.2, 0) is 23.8 Å². The first-order valence-corrected chi connectivity index (χ1v) is 10.6. The monoisotopic (exact) mass is 445 g/mol. The summed E-state index contributed by atoms with van der Waals surface area (Å²) in [5.41, 5.74) is 0.651. The Balaban J connectivity index is 1.91. The number of carbonyl (C=O) groups is 3. The molecule has 1 aromatic rings. The van der Waals surface area contributed by atoms with Crippen molar-refractivity contribution in [1.29, 1.82) is 0 Å². The van der Waals surface area contributed by atoms with Crippen molar-refractivity contribution in [2.75, 3.05) is 43.4 Å². The SMILES string of the molecule is CN1CCN(c2ccc(C(=O)OC(C)(C)C)c(NC=C3C(=O)OC(C)(C)OC3=O)c2)CC1. The Kier molecular flexibility index (Phi) is 6.50. The Morgan fingerprint density at radius 2 is 1.69 bits per heavy atom. The van der Waals surface area contributed by atoms with Crippen molar-refractivity contribution >= 4 is 29.3 Å². The molecule has 2 fully saturated rings. The number of hydrogen-bond donors (Lipinski definition) is 1. The minimum Gasteiger partial charge on any atom is -0.456 e. The minimum absolute atomic E-state index is 0.285. The normalized spacial score (nSPS) is 19.2. The highest BCUT2D eigenvalue weighted by molar-refractivity contribution is 6.15. The van der Waals surface area contributed by atoms with Crippen LogP contribution >= 0.6 is 0 Å². The second-order valence-electron chi connectivity index (χ2n) is 9.40. The van der Waals surface area contributed by atoms with Gasteiger partial charge in [-0.25, -0.2) is 14.4 Å². The Morgan fingerprint density at radius 3 is 2.25 bits per heavy atom. The number of rotatable bonds is 4. The van der Waals surface area contributed by atoms with Crippen LogP contribution in [-0.4, -0.2) is 67.4 Å². The Labute approximate surface area is 188 Å². The molecule has 0 saturated carbocycles. The molecule has 0 atom stereocenters. The fourth-order valence-electron chi connectivity index (χ4n) is 3.35. The van der Waals surface area contributed by atoms with Crippen molar-refractivity contribution in [2.45, 2.75) is 46.0 Å². The predicted molar refractivity (Wildman–Crippen MR) is 119 cm³/mol. The summed E-state index contributed by atoms with van der Waals surface area (Å²) < 4.78 is 15.8. The Morgan fingerprint density at radius 1 is 1.09 bits per heavy atom. The van der Waals surface area contributed by atoms with Crippen LogP contribution in [0.25, 0.3) is 0 Å². The van der Waals surface area contributed by atoms with Gasteiger partial charge in [0, 0.05) is 51.9 Å². The molecule has 0 amide bonds. The van der Waals surface area contributed by atoms with Gasteiger partial charge in [-0.05, 0) is 46.0 Å². The van der Waals surface area contributed by atoms with Crippen LogP contribution in [0.5, 0.6) is 0 Å². The molecule has 2 saturated heterocycles. The number of ether oxygens (including phenoxy) is 3. The molecule has 0 radical (unpaired) electrons. The summed E-state index contributed by atoms with van der Waals surface area (Å²) in [6, 6.07) is 5.36. The van der Waals surface area contributed by atoms with Gasteiger partial charge in [0.25, 0.3) is 5.79 Å². The lowest BCUT2D eigenvalue weighted by Crippen LogP contribution is -2.44. The number of benzene rings is 1. The van der Waals surface area contributed by atoms with E-state index in [0.717, 1.165) is 31.9 Å². The zero-order valence-electron chi connectivity index (χ0n) is 19.5. The first kappa shape index (κ1) is 23.6. The molecule has 0 spiro atoms. The summed E-state index contributed by atoms with van der Waals surface area (Å²) in [4.78, 5) is 41.8. The Hall–Kier alpha value is -3.07. The lowest BCUT2D eigenvalue weighted by atomic mass is 10.1. The van der Waals surface area contributed by atoms with Crippen LogP contribution in [0.1, 0.15) is 45.0 Å². The number of anilines is 2. The van der Waals surface area contributed by atoms with Gasteiger partial charge in [0.1, 0.15) is 5.60 Å². The van der Waals surface area contributed by atoms with E-state index in [1.807, 2.05) is 12.1 Å². The van der Waals surface area contributed by atoms with Gasteiger partial charge in [-0.3, -0.25) is 0 Å². The zero-order valence-corrected chi connectivity index (χ0v) is 19.5. The van der Waals surface area contributed by atoms with Gasteiger partial charge in [-0.15, -0.1) is 0 Å². The summed E-state index contributed by atoms with van der Waals surface area (Å²) in [6.07, 6.45) is 1.21. The third kappa shape index (κ3) is 5.79. The van der Waals surface area contributed by atoms with Gasteiger partial charge in [0.05, 0.1) is 11.3 Å². The molecule has 2 heterocycles. The molecule has 0 aromatic heterocycles. The highest BCUT2D eigenvalue weighted by Crippen LogP contribution is 2.28. The van der Waals surface area contributed by atoms with E-state index in [1.54, 1.807) is 26.8 Å². The molecular weight excluding hydrogens is 414 g/mol. The molecule has 174 valence electrons. The lowest BCUT2D eigenvalue weighted by molar-refractivity contribution is -0.222. The van der Waals surface area contributed by atoms with Gasteiger partial charge in [-0.1, -0.05) is 0 Å². The van der Waals surface area contributed by atoms with Crippen LogP contribution in [0.15, 0.2) is 30.0 Å². The molecule has 32 heavy (non-hydrogen) atoms. The maximum atomic E-state index is 12.8. The van der Waals surface area contributed by atoms with Gasteiger partial charge >= 0.3 is 17.9 Å². The van der Waals surface area contributed by atoms with Gasteiger partial charge in [-0.2, -0.15) is 0 Å². The number of nitrogens with one attached hydrogen (secondary N) is 1. The second-order valence-corrected chi connectivity index (χ2v) is 9.40. The van der Waals surface area contributed by atoms with E-state index in [1.165, 1.54) is 20.0 Å². The van der Waals surface area contributed by atoms with E-state index in [2.05, 4.69) is 22.2 Å². The molecule has 2 aliphatic rings. The van der Waals surface area contributed by atoms with Gasteiger partial charge in [0.2, 0.25) is 0 Å². The zero-order chi connectivity index (χ0) is 23.7. The van der Waals surface area contributed by atoms with E-state index in [4.69, 9.17) is 14.2 Å². The van der Waals surface area contributed by atoms with Crippen LogP contribution < -0.4 is 10.2 Å². The third-order valence-electron chi connectivity index (χ3n) is 4.98. The van der Waals surface area contributed by atoms with E-state index in [-0.39, 0.29) is 11.1 Å². The lowest BCUT2D eigenvalue weighted by Gasteiger charge is -2.34. The Bertz CT molecular complexity index is 918. The quantitative estimate of drug-likeness (QED) is 0.426. The number of likely N-dealkylation sites (N-methyl/N-ethyl adjacent to an activating group) is 1. The number of carbonyl (C=O) groups excluding carboxylic acids is 3. The largest absolute Gasteiger partial charge is 0.456 e. The second kappa shape index (κ2) is 8.82. The van der Waals surface area contributed by atoms with Crippen molar-refractivity contribution < 1.29 is 28.6 Å². The maximum absolute atomic E-state index is 12.8. The average molecular weight is 446 g/mol. The minimum atomic E-state index is -1.32. The van der Waals surface area contributed by atoms with Crippen molar-refractivity contribution in [3.63, 3.8) is 0 Å². The van der Waals surface area contributed by atoms with Crippen LogP contribution in [0.3, 0.4) is 0 Å².